The first-order chi connectivity index (χ1) is 10.8. The molecule has 0 unspecified atom stereocenters. The molecule has 0 spiro atoms. The monoisotopic (exact) mass is 288 g/mol. The lowest BCUT2D eigenvalue weighted by Gasteiger charge is -2.03. The Bertz CT molecular complexity index is 867. The quantitative estimate of drug-likeness (QED) is 0.712. The highest BCUT2D eigenvalue weighted by Crippen LogP contribution is 2.33. The van der Waals surface area contributed by atoms with Gasteiger partial charge in [0.05, 0.1) is 17.0 Å². The van der Waals surface area contributed by atoms with Gasteiger partial charge in [0.1, 0.15) is 5.69 Å². The molecule has 0 fully saturated rings. The molecular formula is C17H12N4O. The van der Waals surface area contributed by atoms with Crippen molar-refractivity contribution >= 4 is 23.2 Å². The van der Waals surface area contributed by atoms with Gasteiger partial charge in [-0.15, -0.1) is 0 Å². The molecule has 106 valence electrons. The van der Waals surface area contributed by atoms with Crippen LogP contribution in [0.2, 0.25) is 0 Å². The topological polar surface area (TPSA) is 70.7 Å². The molecule has 1 aliphatic rings. The number of rotatable bonds is 2. The highest BCUT2D eigenvalue weighted by atomic mass is 16.2. The first-order valence-corrected chi connectivity index (χ1v) is 6.89. The molecule has 0 atom stereocenters. The van der Waals surface area contributed by atoms with Gasteiger partial charge in [-0.2, -0.15) is 0 Å². The molecule has 2 N–H and O–H groups in total. The minimum Gasteiger partial charge on any atom is -0.362 e. The smallest absolute Gasteiger partial charge is 0.258 e. The number of carbonyl (C=O) groups excluding carboxylic acids is 1. The van der Waals surface area contributed by atoms with E-state index >= 15 is 0 Å². The lowest BCUT2D eigenvalue weighted by atomic mass is 10.1. The first kappa shape index (κ1) is 12.5. The summed E-state index contributed by atoms with van der Waals surface area (Å²) in [4.78, 5) is 24.0. The molecular weight excluding hydrogens is 276 g/mol. The molecule has 5 heteroatoms. The van der Waals surface area contributed by atoms with E-state index in [9.17, 15) is 4.79 Å². The van der Waals surface area contributed by atoms with Gasteiger partial charge in [0.25, 0.3) is 5.91 Å². The van der Waals surface area contributed by atoms with Gasteiger partial charge in [-0.3, -0.25) is 9.78 Å². The highest BCUT2D eigenvalue weighted by Gasteiger charge is 2.26. The number of pyridine rings is 2. The molecule has 4 rings (SSSR count). The second-order valence-electron chi connectivity index (χ2n) is 4.97. The average molecular weight is 288 g/mol. The number of H-pyrrole nitrogens is 1. The van der Waals surface area contributed by atoms with Crippen LogP contribution in [0.15, 0.2) is 55.0 Å². The predicted molar refractivity (Wildman–Crippen MR) is 84.8 cm³/mol. The van der Waals surface area contributed by atoms with Gasteiger partial charge in [0.2, 0.25) is 0 Å². The van der Waals surface area contributed by atoms with Crippen LogP contribution in [0.25, 0.3) is 22.9 Å². The summed E-state index contributed by atoms with van der Waals surface area (Å²) in [5, 5.41) is 2.84. The maximum atomic E-state index is 12.2. The van der Waals surface area contributed by atoms with Crippen molar-refractivity contribution in [2.45, 2.75) is 0 Å². The standard InChI is InChI=1S/C17H12N4O/c22-17-13(9-12-4-2-8-19-12)16-15(21-17)6-5-14(20-16)11-3-1-7-18-10-11/h1-10,19H,(H,21,22)/b13-9-. The Morgan fingerprint density at radius 3 is 2.82 bits per heavy atom. The Morgan fingerprint density at radius 2 is 2.05 bits per heavy atom. The second kappa shape index (κ2) is 4.96. The van der Waals surface area contributed by atoms with Crippen LogP contribution in [0.5, 0.6) is 0 Å². The number of aromatic amines is 1. The fourth-order valence-electron chi connectivity index (χ4n) is 2.46. The van der Waals surface area contributed by atoms with Crippen LogP contribution >= 0.6 is 0 Å². The van der Waals surface area contributed by atoms with Crippen molar-refractivity contribution in [3.63, 3.8) is 0 Å². The number of nitrogens with one attached hydrogen (secondary N) is 2. The molecule has 1 amide bonds. The number of carbonyl (C=O) groups is 1. The summed E-state index contributed by atoms with van der Waals surface area (Å²) in [5.41, 5.74) is 4.54. The minimum atomic E-state index is -0.138. The van der Waals surface area contributed by atoms with Crippen molar-refractivity contribution in [3.05, 3.63) is 66.4 Å². The molecule has 22 heavy (non-hydrogen) atoms. The van der Waals surface area contributed by atoms with Crippen LogP contribution in [0.4, 0.5) is 5.69 Å². The molecule has 0 radical (unpaired) electrons. The van der Waals surface area contributed by atoms with Gasteiger partial charge >= 0.3 is 0 Å². The van der Waals surface area contributed by atoms with E-state index in [1.54, 1.807) is 18.5 Å². The van der Waals surface area contributed by atoms with E-state index in [0.717, 1.165) is 22.6 Å². The molecule has 0 aromatic carbocycles. The molecule has 3 aromatic rings. The van der Waals surface area contributed by atoms with Crippen LogP contribution in [-0.4, -0.2) is 20.9 Å². The van der Waals surface area contributed by atoms with E-state index < -0.39 is 0 Å². The molecule has 1 aliphatic heterocycles. The first-order valence-electron chi connectivity index (χ1n) is 6.89. The summed E-state index contributed by atoms with van der Waals surface area (Å²) in [6.07, 6.45) is 7.10. The summed E-state index contributed by atoms with van der Waals surface area (Å²) < 4.78 is 0. The Labute approximate surface area is 126 Å². The zero-order valence-electron chi connectivity index (χ0n) is 11.6. The van der Waals surface area contributed by atoms with Gasteiger partial charge < -0.3 is 10.3 Å². The highest BCUT2D eigenvalue weighted by molar-refractivity contribution is 6.34. The van der Waals surface area contributed by atoms with Crippen LogP contribution in [0, 0.1) is 0 Å². The molecule has 0 saturated carbocycles. The summed E-state index contributed by atoms with van der Waals surface area (Å²) in [7, 11) is 0. The number of hydrogen-bond acceptors (Lipinski definition) is 3. The van der Waals surface area contributed by atoms with Gasteiger partial charge in [-0.05, 0) is 42.5 Å². The van der Waals surface area contributed by atoms with E-state index in [4.69, 9.17) is 0 Å². The van der Waals surface area contributed by atoms with Gasteiger partial charge in [0, 0.05) is 29.8 Å². The third-order valence-electron chi connectivity index (χ3n) is 3.52. The SMILES string of the molecule is O=C1Nc2ccc(-c3cccnc3)nc2/C1=C/c1ccc[nH]1. The third kappa shape index (κ3) is 2.09. The number of nitrogens with zero attached hydrogens (tertiary/aromatic N) is 2. The largest absolute Gasteiger partial charge is 0.362 e. The summed E-state index contributed by atoms with van der Waals surface area (Å²) in [6, 6.07) is 11.4. The van der Waals surface area contributed by atoms with Crippen LogP contribution in [0.3, 0.4) is 0 Å². The van der Waals surface area contributed by atoms with Gasteiger partial charge in [-0.1, -0.05) is 0 Å². The molecule has 5 nitrogen and oxygen atoms in total. The van der Waals surface area contributed by atoms with Crippen LogP contribution < -0.4 is 5.32 Å². The average Bonchev–Trinajstić information content (AvgIpc) is 3.17. The maximum absolute atomic E-state index is 12.2. The summed E-state index contributed by atoms with van der Waals surface area (Å²) >= 11 is 0. The Kier molecular flexibility index (Phi) is 2.83. The number of hydrogen-bond donors (Lipinski definition) is 2. The van der Waals surface area contributed by atoms with E-state index in [1.165, 1.54) is 0 Å². The second-order valence-corrected chi connectivity index (χ2v) is 4.97. The van der Waals surface area contributed by atoms with Crippen LogP contribution in [-0.2, 0) is 4.79 Å². The van der Waals surface area contributed by atoms with Gasteiger partial charge in [-0.25, -0.2) is 4.98 Å². The van der Waals surface area contributed by atoms with Crippen molar-refractivity contribution in [3.8, 4) is 11.3 Å². The predicted octanol–water partition coefficient (Wildman–Crippen LogP) is 2.96. The third-order valence-corrected chi connectivity index (χ3v) is 3.52. The van der Waals surface area contributed by atoms with Crippen molar-refractivity contribution in [1.82, 2.24) is 15.0 Å². The van der Waals surface area contributed by atoms with Crippen molar-refractivity contribution in [2.75, 3.05) is 5.32 Å². The van der Waals surface area contributed by atoms with Crippen molar-refractivity contribution < 1.29 is 4.79 Å². The molecule has 0 bridgehead atoms. The zero-order valence-corrected chi connectivity index (χ0v) is 11.6. The molecule has 4 heterocycles. The van der Waals surface area contributed by atoms with E-state index in [2.05, 4.69) is 20.3 Å². The zero-order chi connectivity index (χ0) is 14.9. The number of anilines is 1. The lowest BCUT2D eigenvalue weighted by Crippen LogP contribution is -2.03. The Morgan fingerprint density at radius 1 is 1.09 bits per heavy atom. The van der Waals surface area contributed by atoms with E-state index in [1.807, 2.05) is 42.6 Å². The lowest BCUT2D eigenvalue weighted by molar-refractivity contribution is -0.110. The van der Waals surface area contributed by atoms with Crippen molar-refractivity contribution in [1.29, 1.82) is 0 Å². The molecule has 3 aromatic heterocycles. The van der Waals surface area contributed by atoms with Crippen molar-refractivity contribution in [2.24, 2.45) is 0 Å². The Hall–Kier alpha value is -3.21. The summed E-state index contributed by atoms with van der Waals surface area (Å²) in [6.45, 7) is 0. The number of aromatic nitrogens is 3. The van der Waals surface area contributed by atoms with Crippen LogP contribution in [0.1, 0.15) is 11.4 Å². The number of fused-ring (bicyclic) bond motifs is 1. The molecule has 0 aliphatic carbocycles. The minimum absolute atomic E-state index is 0.138. The fourth-order valence-corrected chi connectivity index (χ4v) is 2.46. The molecule has 0 saturated heterocycles. The fraction of sp³-hybridized carbons (Fsp3) is 0. The van der Waals surface area contributed by atoms with E-state index in [-0.39, 0.29) is 5.91 Å². The van der Waals surface area contributed by atoms with Gasteiger partial charge in [0.15, 0.2) is 0 Å². The van der Waals surface area contributed by atoms with E-state index in [0.29, 0.717) is 11.3 Å². The normalized spacial score (nSPS) is 14.9. The summed E-state index contributed by atoms with van der Waals surface area (Å²) in [5.74, 6) is -0.138. The maximum Gasteiger partial charge on any atom is 0.258 e. The Balaban J connectivity index is 1.83. The number of amides is 1.